The molecule has 23 heavy (non-hydrogen) atoms. The number of amides is 2. The van der Waals surface area contributed by atoms with Crippen LogP contribution in [0.3, 0.4) is 0 Å². The maximum atomic E-state index is 12.7. The van der Waals surface area contributed by atoms with Crippen LogP contribution in [0.2, 0.25) is 0 Å². The normalized spacial score (nSPS) is 18.5. The van der Waals surface area contributed by atoms with Gasteiger partial charge in [-0.25, -0.2) is 13.2 Å². The van der Waals surface area contributed by atoms with E-state index in [1.807, 2.05) is 36.4 Å². The lowest BCUT2D eigenvalue weighted by molar-refractivity contribution is 0.256. The van der Waals surface area contributed by atoms with Crippen molar-refractivity contribution in [3.63, 3.8) is 0 Å². The van der Waals surface area contributed by atoms with Crippen LogP contribution in [0.5, 0.6) is 0 Å². The number of carbonyl (C=O) groups is 1. The van der Waals surface area contributed by atoms with Gasteiger partial charge in [-0.15, -0.1) is 0 Å². The standard InChI is InChI=1S/C17H16N2O3S/c20-17(18-14-7-3-1-4-8-14)19(15-9-5-2-6-10-15)16-11-12-23(21,22)13-16/h1-12,16H,13H2,(H,18,20)/t16-/m0/s1. The average Bonchev–Trinajstić information content (AvgIpc) is 2.89. The second-order valence-corrected chi connectivity index (χ2v) is 7.16. The van der Waals surface area contributed by atoms with Gasteiger partial charge in [0, 0.05) is 16.8 Å². The molecule has 1 atom stereocenters. The minimum Gasteiger partial charge on any atom is -0.308 e. The highest BCUT2D eigenvalue weighted by molar-refractivity contribution is 7.94. The highest BCUT2D eigenvalue weighted by Gasteiger charge is 2.31. The maximum Gasteiger partial charge on any atom is 0.326 e. The molecule has 118 valence electrons. The van der Waals surface area contributed by atoms with Crippen LogP contribution < -0.4 is 10.2 Å². The summed E-state index contributed by atoms with van der Waals surface area (Å²) in [6, 6.07) is 17.2. The molecule has 1 aliphatic heterocycles. The van der Waals surface area contributed by atoms with Crippen molar-refractivity contribution in [2.45, 2.75) is 6.04 Å². The minimum atomic E-state index is -3.26. The fraction of sp³-hybridized carbons (Fsp3) is 0.118. The van der Waals surface area contributed by atoms with E-state index in [-0.39, 0.29) is 11.8 Å². The topological polar surface area (TPSA) is 66.5 Å². The first-order valence-corrected chi connectivity index (χ1v) is 8.88. The molecule has 2 aromatic carbocycles. The molecule has 0 radical (unpaired) electrons. The molecule has 1 N–H and O–H groups in total. The predicted octanol–water partition coefficient (Wildman–Crippen LogP) is 3.04. The van der Waals surface area contributed by atoms with Crippen molar-refractivity contribution < 1.29 is 13.2 Å². The lowest BCUT2D eigenvalue weighted by Crippen LogP contribution is -2.43. The third-order valence-corrected chi connectivity index (χ3v) is 4.90. The van der Waals surface area contributed by atoms with Crippen molar-refractivity contribution in [1.29, 1.82) is 0 Å². The van der Waals surface area contributed by atoms with Crippen molar-refractivity contribution in [3.05, 3.63) is 72.1 Å². The number of nitrogens with zero attached hydrogens (tertiary/aromatic N) is 1. The van der Waals surface area contributed by atoms with Crippen LogP contribution in [0.4, 0.5) is 16.2 Å². The molecule has 0 bridgehead atoms. The summed E-state index contributed by atoms with van der Waals surface area (Å²) in [5.74, 6) is -0.107. The molecule has 2 aromatic rings. The fourth-order valence-corrected chi connectivity index (χ4v) is 3.74. The third-order valence-electron chi connectivity index (χ3n) is 3.52. The van der Waals surface area contributed by atoms with Gasteiger partial charge in [-0.2, -0.15) is 0 Å². The third kappa shape index (κ3) is 3.60. The summed E-state index contributed by atoms with van der Waals surface area (Å²) in [6.07, 6.45) is 1.55. The molecule has 1 aliphatic rings. The number of urea groups is 1. The fourth-order valence-electron chi connectivity index (χ4n) is 2.47. The van der Waals surface area contributed by atoms with Gasteiger partial charge < -0.3 is 5.32 Å². The van der Waals surface area contributed by atoms with E-state index in [4.69, 9.17) is 0 Å². The smallest absolute Gasteiger partial charge is 0.308 e. The summed E-state index contributed by atoms with van der Waals surface area (Å²) in [5.41, 5.74) is 1.30. The monoisotopic (exact) mass is 328 g/mol. The molecule has 0 aliphatic carbocycles. The second kappa shape index (κ2) is 6.26. The van der Waals surface area contributed by atoms with Crippen molar-refractivity contribution in [3.8, 4) is 0 Å². The largest absolute Gasteiger partial charge is 0.326 e. The zero-order valence-electron chi connectivity index (χ0n) is 12.3. The summed E-state index contributed by atoms with van der Waals surface area (Å²) >= 11 is 0. The number of hydrogen-bond donors (Lipinski definition) is 1. The van der Waals surface area contributed by atoms with Crippen LogP contribution in [0.25, 0.3) is 0 Å². The Balaban J connectivity index is 1.90. The van der Waals surface area contributed by atoms with E-state index in [9.17, 15) is 13.2 Å². The van der Waals surface area contributed by atoms with Gasteiger partial charge in [0.05, 0.1) is 11.8 Å². The number of nitrogens with one attached hydrogen (secondary N) is 1. The Bertz CT molecular complexity index is 817. The van der Waals surface area contributed by atoms with Gasteiger partial charge in [-0.1, -0.05) is 36.4 Å². The summed E-state index contributed by atoms with van der Waals surface area (Å²) < 4.78 is 23.4. The van der Waals surface area contributed by atoms with E-state index in [2.05, 4.69) is 5.32 Å². The highest BCUT2D eigenvalue weighted by atomic mass is 32.2. The van der Waals surface area contributed by atoms with Gasteiger partial charge >= 0.3 is 6.03 Å². The van der Waals surface area contributed by atoms with Gasteiger partial charge in [0.2, 0.25) is 0 Å². The van der Waals surface area contributed by atoms with Gasteiger partial charge in [-0.3, -0.25) is 4.90 Å². The number of rotatable bonds is 3. The van der Waals surface area contributed by atoms with Crippen molar-refractivity contribution in [1.82, 2.24) is 0 Å². The molecule has 0 saturated heterocycles. The van der Waals surface area contributed by atoms with E-state index in [1.165, 1.54) is 10.3 Å². The van der Waals surface area contributed by atoms with Crippen molar-refractivity contribution in [2.24, 2.45) is 0 Å². The zero-order chi connectivity index (χ0) is 16.3. The first kappa shape index (κ1) is 15.3. The minimum absolute atomic E-state index is 0.107. The van der Waals surface area contributed by atoms with Crippen LogP contribution >= 0.6 is 0 Å². The zero-order valence-corrected chi connectivity index (χ0v) is 13.1. The van der Waals surface area contributed by atoms with Crippen LogP contribution in [0, 0.1) is 0 Å². The lowest BCUT2D eigenvalue weighted by Gasteiger charge is -2.27. The molecular formula is C17H16N2O3S. The molecule has 3 rings (SSSR count). The van der Waals surface area contributed by atoms with E-state index in [1.54, 1.807) is 30.3 Å². The molecule has 0 saturated carbocycles. The Morgan fingerprint density at radius 1 is 1.00 bits per heavy atom. The van der Waals surface area contributed by atoms with E-state index in [0.717, 1.165) is 0 Å². The number of carbonyl (C=O) groups excluding carboxylic acids is 1. The Kier molecular flexibility index (Phi) is 4.16. The molecular weight excluding hydrogens is 312 g/mol. The molecule has 0 spiro atoms. The molecule has 0 unspecified atom stereocenters. The molecule has 2 amide bonds. The number of sulfone groups is 1. The summed E-state index contributed by atoms with van der Waals surface area (Å²) in [4.78, 5) is 14.2. The number of para-hydroxylation sites is 2. The Labute approximate surface area is 135 Å². The van der Waals surface area contributed by atoms with E-state index < -0.39 is 15.9 Å². The van der Waals surface area contributed by atoms with Crippen LogP contribution in [-0.2, 0) is 9.84 Å². The van der Waals surface area contributed by atoms with Gasteiger partial charge in [0.1, 0.15) is 0 Å². The Morgan fingerprint density at radius 3 is 2.17 bits per heavy atom. The van der Waals surface area contributed by atoms with E-state index >= 15 is 0 Å². The second-order valence-electron chi connectivity index (χ2n) is 5.23. The predicted molar refractivity (Wildman–Crippen MR) is 91.1 cm³/mol. The molecule has 6 heteroatoms. The Hall–Kier alpha value is -2.60. The molecule has 1 heterocycles. The number of hydrogen-bond acceptors (Lipinski definition) is 3. The van der Waals surface area contributed by atoms with Crippen LogP contribution in [0.1, 0.15) is 0 Å². The van der Waals surface area contributed by atoms with Crippen LogP contribution in [0.15, 0.2) is 72.1 Å². The van der Waals surface area contributed by atoms with Crippen molar-refractivity contribution in [2.75, 3.05) is 16.0 Å². The molecule has 0 aromatic heterocycles. The SMILES string of the molecule is O=C(Nc1ccccc1)N(c1ccccc1)[C@H]1C=CS(=O)(=O)C1. The first-order chi connectivity index (χ1) is 11.1. The summed E-state index contributed by atoms with van der Waals surface area (Å²) in [5, 5.41) is 3.97. The maximum absolute atomic E-state index is 12.7. The number of benzene rings is 2. The summed E-state index contributed by atoms with van der Waals surface area (Å²) in [7, 11) is -3.26. The summed E-state index contributed by atoms with van der Waals surface area (Å²) in [6.45, 7) is 0. The van der Waals surface area contributed by atoms with Gasteiger partial charge in [-0.05, 0) is 30.3 Å². The lowest BCUT2D eigenvalue weighted by atomic mass is 10.2. The van der Waals surface area contributed by atoms with E-state index in [0.29, 0.717) is 11.4 Å². The number of anilines is 2. The van der Waals surface area contributed by atoms with Crippen molar-refractivity contribution >= 4 is 27.2 Å². The quantitative estimate of drug-likeness (QED) is 0.942. The average molecular weight is 328 g/mol. The first-order valence-electron chi connectivity index (χ1n) is 7.16. The Morgan fingerprint density at radius 2 is 1.61 bits per heavy atom. The highest BCUT2D eigenvalue weighted by Crippen LogP contribution is 2.23. The van der Waals surface area contributed by atoms with Gasteiger partial charge in [0.25, 0.3) is 0 Å². The molecule has 0 fully saturated rings. The molecule has 5 nitrogen and oxygen atoms in total. The van der Waals surface area contributed by atoms with Crippen LogP contribution in [-0.4, -0.2) is 26.2 Å². The van der Waals surface area contributed by atoms with Gasteiger partial charge in [0.15, 0.2) is 9.84 Å².